The fourth-order valence-electron chi connectivity index (χ4n) is 2.20. The number of amides is 1. The molecule has 0 spiro atoms. The third-order valence-electron chi connectivity index (χ3n) is 3.08. The number of rotatable bonds is 5. The summed E-state index contributed by atoms with van der Waals surface area (Å²) in [6.07, 6.45) is 3.25. The highest BCUT2D eigenvalue weighted by Crippen LogP contribution is 2.22. The molecular formula is C14H19N3O. The molecule has 0 aliphatic rings. The summed E-state index contributed by atoms with van der Waals surface area (Å²) in [6, 6.07) is 6.21. The third-order valence-corrected chi connectivity index (χ3v) is 3.08. The van der Waals surface area contributed by atoms with Crippen molar-refractivity contribution < 1.29 is 4.79 Å². The van der Waals surface area contributed by atoms with E-state index in [-0.39, 0.29) is 5.91 Å². The van der Waals surface area contributed by atoms with Crippen LogP contribution in [0.3, 0.4) is 0 Å². The number of H-pyrrole nitrogens is 1. The van der Waals surface area contributed by atoms with Gasteiger partial charge in [0.15, 0.2) is 0 Å². The highest BCUT2D eigenvalue weighted by molar-refractivity contribution is 5.86. The van der Waals surface area contributed by atoms with Gasteiger partial charge in [0.05, 0.1) is 0 Å². The predicted octanol–water partition coefficient (Wildman–Crippen LogP) is 1.48. The number of aromatic nitrogens is 1. The summed E-state index contributed by atoms with van der Waals surface area (Å²) in [4.78, 5) is 14.6. The van der Waals surface area contributed by atoms with Crippen molar-refractivity contribution in [3.63, 3.8) is 0 Å². The van der Waals surface area contributed by atoms with Gasteiger partial charge in [-0.15, -0.1) is 0 Å². The Morgan fingerprint density at radius 2 is 2.28 bits per heavy atom. The number of aryl methyl sites for hydroxylation is 1. The van der Waals surface area contributed by atoms with Crippen molar-refractivity contribution in [3.05, 3.63) is 35.5 Å². The van der Waals surface area contributed by atoms with E-state index in [1.54, 1.807) is 0 Å². The molecule has 1 aromatic heterocycles. The largest absolute Gasteiger partial charge is 0.361 e. The van der Waals surface area contributed by atoms with Gasteiger partial charge in [0, 0.05) is 36.6 Å². The first-order chi connectivity index (χ1) is 8.72. The molecule has 1 aromatic carbocycles. The van der Waals surface area contributed by atoms with Crippen LogP contribution in [-0.4, -0.2) is 24.0 Å². The fourth-order valence-corrected chi connectivity index (χ4v) is 2.20. The van der Waals surface area contributed by atoms with E-state index in [1.807, 2.05) is 12.3 Å². The Morgan fingerprint density at radius 1 is 1.44 bits per heavy atom. The van der Waals surface area contributed by atoms with E-state index >= 15 is 0 Å². The molecule has 0 aliphatic heterocycles. The Labute approximate surface area is 107 Å². The summed E-state index contributed by atoms with van der Waals surface area (Å²) >= 11 is 0. The number of aromatic amines is 1. The molecule has 0 aliphatic carbocycles. The van der Waals surface area contributed by atoms with Crippen molar-refractivity contribution in [1.29, 1.82) is 0 Å². The van der Waals surface area contributed by atoms with Gasteiger partial charge < -0.3 is 16.0 Å². The second-order valence-electron chi connectivity index (χ2n) is 4.45. The van der Waals surface area contributed by atoms with Crippen molar-refractivity contribution in [2.24, 2.45) is 5.73 Å². The van der Waals surface area contributed by atoms with Crippen LogP contribution in [-0.2, 0) is 11.2 Å². The fraction of sp³-hybridized carbons (Fsp3) is 0.357. The number of carbonyl (C=O) groups excluding carboxylic acids is 1. The molecule has 0 bridgehead atoms. The second kappa shape index (κ2) is 5.69. The molecule has 0 saturated carbocycles. The first kappa shape index (κ1) is 12.6. The summed E-state index contributed by atoms with van der Waals surface area (Å²) in [6.45, 7) is 3.16. The lowest BCUT2D eigenvalue weighted by molar-refractivity contribution is -0.120. The number of nitrogens with two attached hydrogens (primary N) is 1. The molecule has 2 aromatic rings. The minimum Gasteiger partial charge on any atom is -0.361 e. The van der Waals surface area contributed by atoms with E-state index in [1.165, 1.54) is 16.5 Å². The molecule has 1 heterocycles. The van der Waals surface area contributed by atoms with Crippen molar-refractivity contribution in [2.45, 2.75) is 19.8 Å². The van der Waals surface area contributed by atoms with Gasteiger partial charge in [-0.1, -0.05) is 12.1 Å². The highest BCUT2D eigenvalue weighted by Gasteiger charge is 2.06. The van der Waals surface area contributed by atoms with Gasteiger partial charge in [0.2, 0.25) is 5.91 Å². The minimum absolute atomic E-state index is 0.0223. The summed E-state index contributed by atoms with van der Waals surface area (Å²) < 4.78 is 0. The Hall–Kier alpha value is -1.81. The highest BCUT2D eigenvalue weighted by atomic mass is 16.1. The molecule has 4 N–H and O–H groups in total. The monoisotopic (exact) mass is 245 g/mol. The first-order valence-electron chi connectivity index (χ1n) is 6.24. The van der Waals surface area contributed by atoms with E-state index in [0.29, 0.717) is 19.5 Å². The first-order valence-corrected chi connectivity index (χ1v) is 6.24. The maximum Gasteiger partial charge on any atom is 0.221 e. The summed E-state index contributed by atoms with van der Waals surface area (Å²) in [5.74, 6) is 0.0223. The smallest absolute Gasteiger partial charge is 0.221 e. The second-order valence-corrected chi connectivity index (χ2v) is 4.45. The summed E-state index contributed by atoms with van der Waals surface area (Å²) in [5, 5.41) is 4.14. The van der Waals surface area contributed by atoms with Crippen molar-refractivity contribution >= 4 is 16.8 Å². The van der Waals surface area contributed by atoms with E-state index in [4.69, 9.17) is 5.73 Å². The molecule has 0 unspecified atom stereocenters. The lowest BCUT2D eigenvalue weighted by Crippen LogP contribution is -2.27. The molecule has 0 radical (unpaired) electrons. The Balaban J connectivity index is 2.02. The van der Waals surface area contributed by atoms with E-state index in [2.05, 4.69) is 29.4 Å². The Morgan fingerprint density at radius 3 is 3.06 bits per heavy atom. The van der Waals surface area contributed by atoms with E-state index < -0.39 is 0 Å². The zero-order chi connectivity index (χ0) is 13.0. The van der Waals surface area contributed by atoms with Crippen LogP contribution in [0.25, 0.3) is 10.9 Å². The third kappa shape index (κ3) is 2.71. The number of hydrogen-bond donors (Lipinski definition) is 3. The van der Waals surface area contributed by atoms with Crippen LogP contribution >= 0.6 is 0 Å². The van der Waals surface area contributed by atoms with Crippen LogP contribution in [0.4, 0.5) is 0 Å². The van der Waals surface area contributed by atoms with Crippen molar-refractivity contribution in [3.8, 4) is 0 Å². The molecule has 0 fully saturated rings. The van der Waals surface area contributed by atoms with E-state index in [9.17, 15) is 4.79 Å². The van der Waals surface area contributed by atoms with Crippen molar-refractivity contribution in [1.82, 2.24) is 10.3 Å². The number of fused-ring (bicyclic) bond motifs is 1. The van der Waals surface area contributed by atoms with Crippen molar-refractivity contribution in [2.75, 3.05) is 13.1 Å². The Kier molecular flexibility index (Phi) is 3.99. The quantitative estimate of drug-likeness (QED) is 0.746. The molecule has 96 valence electrons. The van der Waals surface area contributed by atoms with Crippen LogP contribution in [0.15, 0.2) is 24.4 Å². The van der Waals surface area contributed by atoms with Crippen LogP contribution in [0.2, 0.25) is 0 Å². The number of nitrogens with one attached hydrogen (secondary N) is 2. The molecule has 4 heteroatoms. The molecular weight excluding hydrogens is 226 g/mol. The van der Waals surface area contributed by atoms with Gasteiger partial charge >= 0.3 is 0 Å². The average Bonchev–Trinajstić information content (AvgIpc) is 2.74. The normalized spacial score (nSPS) is 10.8. The van der Waals surface area contributed by atoms with Gasteiger partial charge in [-0.3, -0.25) is 4.79 Å². The van der Waals surface area contributed by atoms with Gasteiger partial charge in [-0.25, -0.2) is 0 Å². The number of benzene rings is 1. The zero-order valence-corrected chi connectivity index (χ0v) is 10.6. The summed E-state index contributed by atoms with van der Waals surface area (Å²) in [7, 11) is 0. The standard InChI is InChI=1S/C14H19N3O/c1-10-3-2-4-12-14(10)11(9-17-12)6-8-16-13(18)5-7-15/h2-4,9,17H,5-8,15H2,1H3,(H,16,18). The van der Waals surface area contributed by atoms with Crippen LogP contribution < -0.4 is 11.1 Å². The van der Waals surface area contributed by atoms with Gasteiger partial charge in [0.25, 0.3) is 0 Å². The topological polar surface area (TPSA) is 70.9 Å². The SMILES string of the molecule is Cc1cccc2[nH]cc(CCNC(=O)CCN)c12. The maximum absolute atomic E-state index is 11.3. The lowest BCUT2D eigenvalue weighted by atomic mass is 10.1. The maximum atomic E-state index is 11.3. The zero-order valence-electron chi connectivity index (χ0n) is 10.6. The van der Waals surface area contributed by atoms with Crippen LogP contribution in [0.5, 0.6) is 0 Å². The number of carbonyl (C=O) groups is 1. The van der Waals surface area contributed by atoms with Gasteiger partial charge in [-0.05, 0) is 30.5 Å². The Bertz CT molecular complexity index is 545. The molecule has 0 atom stereocenters. The molecule has 18 heavy (non-hydrogen) atoms. The van der Waals surface area contributed by atoms with Crippen LogP contribution in [0.1, 0.15) is 17.5 Å². The van der Waals surface area contributed by atoms with E-state index in [0.717, 1.165) is 11.9 Å². The minimum atomic E-state index is 0.0223. The van der Waals surface area contributed by atoms with Gasteiger partial charge in [-0.2, -0.15) is 0 Å². The average molecular weight is 245 g/mol. The van der Waals surface area contributed by atoms with Crippen LogP contribution in [0, 0.1) is 6.92 Å². The summed E-state index contributed by atoms with van der Waals surface area (Å²) in [5.41, 5.74) is 8.98. The molecule has 1 amide bonds. The molecule has 4 nitrogen and oxygen atoms in total. The lowest BCUT2D eigenvalue weighted by Gasteiger charge is -2.04. The molecule has 0 saturated heterocycles. The predicted molar refractivity (Wildman–Crippen MR) is 73.4 cm³/mol. The number of hydrogen-bond acceptors (Lipinski definition) is 2. The van der Waals surface area contributed by atoms with Gasteiger partial charge in [0.1, 0.15) is 0 Å². The molecule has 2 rings (SSSR count).